The Bertz CT molecular complexity index is 762. The van der Waals surface area contributed by atoms with Crippen LogP contribution in [0.25, 0.3) is 0 Å². The fourth-order valence-electron chi connectivity index (χ4n) is 2.08. The summed E-state index contributed by atoms with van der Waals surface area (Å²) in [6.07, 6.45) is 4.06. The molecule has 0 spiro atoms. The lowest BCUT2D eigenvalue weighted by Crippen LogP contribution is -2.34. The van der Waals surface area contributed by atoms with Crippen LogP contribution in [0.3, 0.4) is 0 Å². The first kappa shape index (κ1) is 18.1. The van der Waals surface area contributed by atoms with Gasteiger partial charge in [-0.15, -0.1) is 0 Å². The molecule has 1 amide bonds. The van der Waals surface area contributed by atoms with Gasteiger partial charge in [-0.25, -0.2) is 13.6 Å². The van der Waals surface area contributed by atoms with E-state index in [9.17, 15) is 13.2 Å². The van der Waals surface area contributed by atoms with Crippen molar-refractivity contribution >= 4 is 15.9 Å². The third-order valence-electron chi connectivity index (χ3n) is 3.33. The van der Waals surface area contributed by atoms with Crippen molar-refractivity contribution in [3.8, 4) is 0 Å². The largest absolute Gasteiger partial charge is 0.355 e. The van der Waals surface area contributed by atoms with Crippen LogP contribution < -0.4 is 15.8 Å². The minimum Gasteiger partial charge on any atom is -0.355 e. The molecule has 2 rings (SSSR count). The van der Waals surface area contributed by atoms with Crippen molar-refractivity contribution in [2.24, 2.45) is 5.14 Å². The topological polar surface area (TPSA) is 114 Å². The summed E-state index contributed by atoms with van der Waals surface area (Å²) in [6, 6.07) is 10.1. The van der Waals surface area contributed by atoms with Crippen LogP contribution >= 0.6 is 0 Å². The first-order valence-corrected chi connectivity index (χ1v) is 8.98. The number of hydrogen-bond donors (Lipinski definition) is 3. The number of carbonyl (C=O) groups excluding carboxylic acids is 1. The van der Waals surface area contributed by atoms with Crippen molar-refractivity contribution in [1.29, 1.82) is 0 Å². The Hall–Kier alpha value is -2.29. The number of nitrogens with two attached hydrogens (primary N) is 1. The number of benzene rings is 1. The third-order valence-corrected chi connectivity index (χ3v) is 4.25. The van der Waals surface area contributed by atoms with Crippen LogP contribution in [0.1, 0.15) is 11.1 Å². The van der Waals surface area contributed by atoms with Crippen LogP contribution in [0.4, 0.5) is 0 Å². The summed E-state index contributed by atoms with van der Waals surface area (Å²) in [6.45, 7) is 1.28. The molecule has 8 heteroatoms. The predicted molar refractivity (Wildman–Crippen MR) is 90.5 cm³/mol. The summed E-state index contributed by atoms with van der Waals surface area (Å²) < 4.78 is 22.3. The van der Waals surface area contributed by atoms with Crippen LogP contribution in [0, 0.1) is 0 Å². The molecule has 0 bridgehead atoms. The summed E-state index contributed by atoms with van der Waals surface area (Å²) >= 11 is 0. The van der Waals surface area contributed by atoms with Crippen molar-refractivity contribution in [2.45, 2.75) is 17.9 Å². The van der Waals surface area contributed by atoms with E-state index in [0.717, 1.165) is 11.1 Å². The second kappa shape index (κ2) is 8.53. The molecule has 4 N–H and O–H groups in total. The molecule has 0 aliphatic rings. The molecule has 2 aromatic rings. The molecule has 0 fully saturated rings. The van der Waals surface area contributed by atoms with Gasteiger partial charge in [0.25, 0.3) is 0 Å². The number of pyridine rings is 1. The van der Waals surface area contributed by atoms with Gasteiger partial charge < -0.3 is 10.6 Å². The molecule has 0 aliphatic heterocycles. The Kier molecular flexibility index (Phi) is 6.42. The van der Waals surface area contributed by atoms with Crippen LogP contribution in [-0.4, -0.2) is 32.4 Å². The van der Waals surface area contributed by atoms with Gasteiger partial charge in [0.1, 0.15) is 0 Å². The van der Waals surface area contributed by atoms with Gasteiger partial charge in [-0.2, -0.15) is 0 Å². The highest BCUT2D eigenvalue weighted by molar-refractivity contribution is 7.89. The maximum Gasteiger partial charge on any atom is 0.238 e. The Balaban J connectivity index is 1.67. The molecule has 24 heavy (non-hydrogen) atoms. The summed E-state index contributed by atoms with van der Waals surface area (Å²) in [5.74, 6) is -0.0972. The van der Waals surface area contributed by atoms with Gasteiger partial charge >= 0.3 is 0 Å². The van der Waals surface area contributed by atoms with E-state index >= 15 is 0 Å². The summed E-state index contributed by atoms with van der Waals surface area (Å²) in [5.41, 5.74) is 1.94. The van der Waals surface area contributed by atoms with Crippen LogP contribution in [0.2, 0.25) is 0 Å². The molecule has 0 radical (unpaired) electrons. The summed E-state index contributed by atoms with van der Waals surface area (Å²) in [7, 11) is -3.67. The number of nitrogens with one attached hydrogen (secondary N) is 2. The first-order chi connectivity index (χ1) is 11.4. The number of nitrogens with zero attached hydrogens (tertiary/aromatic N) is 1. The van der Waals surface area contributed by atoms with Crippen molar-refractivity contribution in [3.63, 3.8) is 0 Å². The van der Waals surface area contributed by atoms with E-state index in [1.54, 1.807) is 24.5 Å². The average molecular weight is 348 g/mol. The monoisotopic (exact) mass is 348 g/mol. The van der Waals surface area contributed by atoms with Gasteiger partial charge in [0.2, 0.25) is 15.9 Å². The standard InChI is InChI=1S/C16H20N4O3S/c17-24(22,23)15-5-3-13(4-6-15)7-9-20-16(21)12-19-11-14-2-1-8-18-10-14/h1-6,8,10,19H,7,9,11-12H2,(H,20,21)(H2,17,22,23). The van der Waals surface area contributed by atoms with Gasteiger partial charge in [-0.1, -0.05) is 18.2 Å². The van der Waals surface area contributed by atoms with E-state index in [1.165, 1.54) is 12.1 Å². The number of carbonyl (C=O) groups is 1. The van der Waals surface area contributed by atoms with E-state index in [-0.39, 0.29) is 17.3 Å². The number of hydrogen-bond acceptors (Lipinski definition) is 5. The number of primary sulfonamides is 1. The molecular formula is C16H20N4O3S. The Morgan fingerprint density at radius 2 is 1.88 bits per heavy atom. The molecule has 7 nitrogen and oxygen atoms in total. The highest BCUT2D eigenvalue weighted by Gasteiger charge is 2.07. The minimum absolute atomic E-state index is 0.0786. The number of rotatable bonds is 8. The number of amides is 1. The van der Waals surface area contributed by atoms with Gasteiger partial charge in [0.05, 0.1) is 11.4 Å². The molecule has 0 unspecified atom stereocenters. The summed E-state index contributed by atoms with van der Waals surface area (Å²) in [4.78, 5) is 15.8. The molecule has 0 aliphatic carbocycles. The summed E-state index contributed by atoms with van der Waals surface area (Å²) in [5, 5.41) is 10.9. The van der Waals surface area contributed by atoms with Crippen molar-refractivity contribution in [1.82, 2.24) is 15.6 Å². The third kappa shape index (κ3) is 6.07. The van der Waals surface area contributed by atoms with Gasteiger partial charge in [0.15, 0.2) is 0 Å². The lowest BCUT2D eigenvalue weighted by molar-refractivity contribution is -0.120. The quantitative estimate of drug-likeness (QED) is 0.629. The minimum atomic E-state index is -3.67. The molecule has 0 saturated carbocycles. The fraction of sp³-hybridized carbons (Fsp3) is 0.250. The van der Waals surface area contributed by atoms with E-state index < -0.39 is 10.0 Å². The fourth-order valence-corrected chi connectivity index (χ4v) is 2.59. The highest BCUT2D eigenvalue weighted by Crippen LogP contribution is 2.08. The van der Waals surface area contributed by atoms with E-state index in [4.69, 9.17) is 5.14 Å². The second-order valence-corrected chi connectivity index (χ2v) is 6.82. The van der Waals surface area contributed by atoms with Crippen molar-refractivity contribution < 1.29 is 13.2 Å². The highest BCUT2D eigenvalue weighted by atomic mass is 32.2. The van der Waals surface area contributed by atoms with Gasteiger partial charge in [-0.05, 0) is 35.7 Å². The SMILES string of the molecule is NS(=O)(=O)c1ccc(CCNC(=O)CNCc2cccnc2)cc1. The molecule has 128 valence electrons. The first-order valence-electron chi connectivity index (χ1n) is 7.43. The number of aromatic nitrogens is 1. The average Bonchev–Trinajstić information content (AvgIpc) is 2.55. The van der Waals surface area contributed by atoms with E-state index in [2.05, 4.69) is 15.6 Å². The zero-order valence-electron chi connectivity index (χ0n) is 13.1. The van der Waals surface area contributed by atoms with E-state index in [1.807, 2.05) is 12.1 Å². The lowest BCUT2D eigenvalue weighted by Gasteiger charge is -2.07. The van der Waals surface area contributed by atoms with Crippen LogP contribution in [-0.2, 0) is 27.8 Å². The molecule has 1 aromatic carbocycles. The maximum absolute atomic E-state index is 11.7. The maximum atomic E-state index is 11.7. The smallest absolute Gasteiger partial charge is 0.238 e. The predicted octanol–water partition coefficient (Wildman–Crippen LogP) is 0.178. The van der Waals surface area contributed by atoms with Crippen LogP contribution in [0.5, 0.6) is 0 Å². The molecule has 1 heterocycles. The van der Waals surface area contributed by atoms with E-state index in [0.29, 0.717) is 19.5 Å². The van der Waals surface area contributed by atoms with Crippen molar-refractivity contribution in [2.75, 3.05) is 13.1 Å². The lowest BCUT2D eigenvalue weighted by atomic mass is 10.1. The molecule has 0 saturated heterocycles. The Labute approximate surface area is 141 Å². The molecule has 1 aromatic heterocycles. The second-order valence-electron chi connectivity index (χ2n) is 5.25. The normalized spacial score (nSPS) is 11.2. The van der Waals surface area contributed by atoms with Crippen LogP contribution in [0.15, 0.2) is 53.7 Å². The Morgan fingerprint density at radius 1 is 1.12 bits per heavy atom. The zero-order chi connectivity index (χ0) is 17.4. The molecule has 0 atom stereocenters. The van der Waals surface area contributed by atoms with Gasteiger partial charge in [-0.3, -0.25) is 9.78 Å². The van der Waals surface area contributed by atoms with Gasteiger partial charge in [0, 0.05) is 25.5 Å². The Morgan fingerprint density at radius 3 is 2.50 bits per heavy atom. The molecular weight excluding hydrogens is 328 g/mol. The number of sulfonamides is 1. The van der Waals surface area contributed by atoms with Crippen molar-refractivity contribution in [3.05, 3.63) is 59.9 Å². The zero-order valence-corrected chi connectivity index (χ0v) is 13.9.